The molecule has 1 aromatic carbocycles. The van der Waals surface area contributed by atoms with E-state index in [1.165, 1.54) is 0 Å². The number of rotatable bonds is 13. The fraction of sp³-hybridized carbons (Fsp3) is 0.591. The van der Waals surface area contributed by atoms with Gasteiger partial charge in [0.1, 0.15) is 18.6 Å². The van der Waals surface area contributed by atoms with Gasteiger partial charge in [0.05, 0.1) is 25.9 Å². The van der Waals surface area contributed by atoms with E-state index in [1.807, 2.05) is 45.0 Å². The van der Waals surface area contributed by atoms with Gasteiger partial charge in [-0.15, -0.1) is 0 Å². The van der Waals surface area contributed by atoms with Gasteiger partial charge < -0.3 is 30.4 Å². The first-order valence-electron chi connectivity index (χ1n) is 10.2. The molecular formula is C22H35N3O6. The van der Waals surface area contributed by atoms with E-state index in [-0.39, 0.29) is 45.0 Å². The van der Waals surface area contributed by atoms with Crippen LogP contribution in [-0.4, -0.2) is 56.5 Å². The van der Waals surface area contributed by atoms with Crippen LogP contribution in [-0.2, 0) is 35.1 Å². The zero-order valence-electron chi connectivity index (χ0n) is 19.1. The minimum absolute atomic E-state index is 0.00197. The van der Waals surface area contributed by atoms with Crippen LogP contribution in [0.2, 0.25) is 0 Å². The van der Waals surface area contributed by atoms with Crippen molar-refractivity contribution in [2.75, 3.05) is 26.4 Å². The first-order chi connectivity index (χ1) is 14.5. The summed E-state index contributed by atoms with van der Waals surface area (Å²) < 4.78 is 21.8. The Kier molecular flexibility index (Phi) is 11.0. The normalized spacial score (nSPS) is 13.9. The fourth-order valence-corrected chi connectivity index (χ4v) is 2.32. The Morgan fingerprint density at radius 3 is 2.26 bits per heavy atom. The third-order valence-electron chi connectivity index (χ3n) is 4.33. The summed E-state index contributed by atoms with van der Waals surface area (Å²) in [5.74, 6) is -1.23. The lowest BCUT2D eigenvalue weighted by Crippen LogP contribution is -2.41. The molecule has 4 N–H and O–H groups in total. The number of carbonyl (C=O) groups excluding carboxylic acids is 2. The molecule has 0 heterocycles. The summed E-state index contributed by atoms with van der Waals surface area (Å²) in [4.78, 5) is 28.7. The lowest BCUT2D eigenvalue weighted by atomic mass is 9.93. The number of hydrogen-bond acceptors (Lipinski definition) is 7. The van der Waals surface area contributed by atoms with Gasteiger partial charge in [0.15, 0.2) is 12.1 Å². The molecule has 0 radical (unpaired) electrons. The maximum absolute atomic E-state index is 12.6. The zero-order chi connectivity index (χ0) is 23.4. The van der Waals surface area contributed by atoms with Crippen molar-refractivity contribution in [3.05, 3.63) is 35.4 Å². The second kappa shape index (κ2) is 12.9. The first kappa shape index (κ1) is 26.4. The highest BCUT2D eigenvalue weighted by atomic mass is 16.6. The van der Waals surface area contributed by atoms with E-state index >= 15 is 0 Å². The number of nitrogens with zero attached hydrogens (tertiary/aromatic N) is 1. The Morgan fingerprint density at radius 1 is 1.03 bits per heavy atom. The smallest absolute Gasteiger partial charge is 0.335 e. The topological polar surface area (TPSA) is 135 Å². The van der Waals surface area contributed by atoms with E-state index in [9.17, 15) is 9.59 Å². The number of esters is 2. The van der Waals surface area contributed by atoms with Gasteiger partial charge in [0.2, 0.25) is 0 Å². The third kappa shape index (κ3) is 10.3. The van der Waals surface area contributed by atoms with Crippen molar-refractivity contribution in [3.63, 3.8) is 0 Å². The summed E-state index contributed by atoms with van der Waals surface area (Å²) in [5, 5.41) is 0. The van der Waals surface area contributed by atoms with Gasteiger partial charge >= 0.3 is 11.9 Å². The van der Waals surface area contributed by atoms with E-state index in [0.717, 1.165) is 11.1 Å². The number of ether oxygens (including phenoxy) is 4. The molecule has 0 aliphatic rings. The van der Waals surface area contributed by atoms with Crippen LogP contribution in [0.15, 0.2) is 29.3 Å². The number of aryl methyl sites for hydroxylation is 1. The zero-order valence-corrected chi connectivity index (χ0v) is 19.1. The van der Waals surface area contributed by atoms with Crippen molar-refractivity contribution in [3.8, 4) is 0 Å². The number of benzene rings is 1. The largest absolute Gasteiger partial charge is 0.463 e. The third-order valence-corrected chi connectivity index (χ3v) is 4.33. The van der Waals surface area contributed by atoms with Crippen LogP contribution in [0.3, 0.4) is 0 Å². The maximum atomic E-state index is 12.6. The summed E-state index contributed by atoms with van der Waals surface area (Å²) in [7, 11) is 0. The van der Waals surface area contributed by atoms with Crippen LogP contribution in [0.25, 0.3) is 0 Å². The quantitative estimate of drug-likeness (QED) is 0.206. The number of nitrogens with two attached hydrogens (primary N) is 2. The van der Waals surface area contributed by atoms with E-state index < -0.39 is 23.5 Å². The predicted octanol–water partition coefficient (Wildman–Crippen LogP) is 1.69. The van der Waals surface area contributed by atoms with Crippen molar-refractivity contribution in [1.29, 1.82) is 0 Å². The van der Waals surface area contributed by atoms with Crippen LogP contribution in [0.5, 0.6) is 0 Å². The molecule has 0 bridgehead atoms. The van der Waals surface area contributed by atoms with E-state index in [1.54, 1.807) is 13.8 Å². The van der Waals surface area contributed by atoms with Crippen LogP contribution < -0.4 is 11.5 Å². The molecular weight excluding hydrogens is 402 g/mol. The molecule has 2 unspecified atom stereocenters. The van der Waals surface area contributed by atoms with E-state index in [4.69, 9.17) is 30.4 Å². The van der Waals surface area contributed by atoms with E-state index in [2.05, 4.69) is 4.99 Å². The lowest BCUT2D eigenvalue weighted by molar-refractivity contribution is -0.173. The fourth-order valence-electron chi connectivity index (χ4n) is 2.32. The van der Waals surface area contributed by atoms with Gasteiger partial charge in [-0.3, -0.25) is 9.79 Å². The SMILES string of the molecule is Cc1ccc(COC(C)C(=O)OCC(C)(COC(C)C)C(=O)OCCN=C(N)N)cc1. The average Bonchev–Trinajstić information content (AvgIpc) is 2.72. The van der Waals surface area contributed by atoms with Crippen molar-refractivity contribution >= 4 is 17.9 Å². The molecule has 0 aliphatic heterocycles. The molecule has 0 spiro atoms. The van der Waals surface area contributed by atoms with Gasteiger partial charge in [-0.1, -0.05) is 29.8 Å². The molecule has 0 aliphatic carbocycles. The molecule has 0 saturated carbocycles. The molecule has 2 atom stereocenters. The highest BCUT2D eigenvalue weighted by Gasteiger charge is 2.38. The second-order valence-corrected chi connectivity index (χ2v) is 7.91. The molecule has 0 fully saturated rings. The number of guanidine groups is 1. The van der Waals surface area contributed by atoms with Gasteiger partial charge in [0.25, 0.3) is 0 Å². The molecule has 9 nitrogen and oxygen atoms in total. The molecule has 9 heteroatoms. The highest BCUT2D eigenvalue weighted by molar-refractivity contribution is 5.78. The van der Waals surface area contributed by atoms with Crippen LogP contribution in [0.4, 0.5) is 0 Å². The average molecular weight is 438 g/mol. The number of carbonyl (C=O) groups is 2. The molecule has 1 rings (SSSR count). The van der Waals surface area contributed by atoms with Crippen molar-refractivity contribution < 1.29 is 28.5 Å². The molecule has 1 aromatic rings. The Morgan fingerprint density at radius 2 is 1.68 bits per heavy atom. The Bertz CT molecular complexity index is 731. The van der Waals surface area contributed by atoms with E-state index in [0.29, 0.717) is 0 Å². The maximum Gasteiger partial charge on any atom is 0.335 e. The summed E-state index contributed by atoms with van der Waals surface area (Å²) >= 11 is 0. The number of hydrogen-bond donors (Lipinski definition) is 2. The van der Waals surface area contributed by atoms with Gasteiger partial charge in [-0.05, 0) is 40.2 Å². The Hall–Kier alpha value is -2.65. The molecule has 174 valence electrons. The monoisotopic (exact) mass is 437 g/mol. The molecule has 31 heavy (non-hydrogen) atoms. The lowest BCUT2D eigenvalue weighted by Gasteiger charge is -2.28. The minimum Gasteiger partial charge on any atom is -0.463 e. The number of aliphatic imine (C=N–C) groups is 1. The van der Waals surface area contributed by atoms with Crippen molar-refractivity contribution in [1.82, 2.24) is 0 Å². The van der Waals surface area contributed by atoms with Crippen molar-refractivity contribution in [2.45, 2.75) is 53.4 Å². The van der Waals surface area contributed by atoms with Crippen LogP contribution >= 0.6 is 0 Å². The van der Waals surface area contributed by atoms with Crippen LogP contribution in [0.1, 0.15) is 38.8 Å². The minimum atomic E-state index is -1.19. The van der Waals surface area contributed by atoms with Gasteiger partial charge in [-0.25, -0.2) is 4.79 Å². The Balaban J connectivity index is 2.61. The highest BCUT2D eigenvalue weighted by Crippen LogP contribution is 2.21. The molecule has 0 aromatic heterocycles. The standard InChI is InChI=1S/C22H35N3O6/c1-15(2)30-13-22(5,20(27)28-11-10-25-21(23)24)14-31-19(26)17(4)29-12-18-8-6-16(3)7-9-18/h6-9,15,17H,10-14H2,1-5H3,(H4,23,24,25). The van der Waals surface area contributed by atoms with Crippen LogP contribution in [0, 0.1) is 12.3 Å². The summed E-state index contributed by atoms with van der Waals surface area (Å²) in [6.45, 7) is 9.13. The Labute approximate surface area is 184 Å². The second-order valence-electron chi connectivity index (χ2n) is 7.91. The summed E-state index contributed by atoms with van der Waals surface area (Å²) in [5.41, 5.74) is 11.4. The first-order valence-corrected chi connectivity index (χ1v) is 10.2. The molecule has 0 saturated heterocycles. The van der Waals surface area contributed by atoms with Gasteiger partial charge in [-0.2, -0.15) is 0 Å². The summed E-state index contributed by atoms with van der Waals surface area (Å²) in [6.07, 6.45) is -0.907. The predicted molar refractivity (Wildman–Crippen MR) is 117 cm³/mol. The summed E-state index contributed by atoms with van der Waals surface area (Å²) in [6, 6.07) is 7.82. The van der Waals surface area contributed by atoms with Crippen molar-refractivity contribution in [2.24, 2.45) is 21.9 Å². The van der Waals surface area contributed by atoms with Gasteiger partial charge in [0, 0.05) is 0 Å². The molecule has 0 amide bonds.